The topological polar surface area (TPSA) is 79.3 Å². The van der Waals surface area contributed by atoms with Gasteiger partial charge in [0, 0.05) is 32.7 Å². The van der Waals surface area contributed by atoms with Crippen molar-refractivity contribution in [2.24, 2.45) is 0 Å². The molecule has 1 amide bonds. The molecule has 0 bridgehead atoms. The molecule has 1 aliphatic rings. The van der Waals surface area contributed by atoms with Gasteiger partial charge in [0.05, 0.1) is 7.11 Å². The zero-order valence-corrected chi connectivity index (χ0v) is 14.2. The lowest BCUT2D eigenvalue weighted by molar-refractivity contribution is -0.162. The van der Waals surface area contributed by atoms with E-state index in [4.69, 9.17) is 4.74 Å². The van der Waals surface area contributed by atoms with Crippen LogP contribution in [-0.2, 0) is 14.3 Å². The number of hydrogen-bond acceptors (Lipinski definition) is 6. The third kappa shape index (κ3) is 5.81. The van der Waals surface area contributed by atoms with E-state index in [9.17, 15) is 14.7 Å². The van der Waals surface area contributed by atoms with E-state index < -0.39 is 17.2 Å². The molecule has 1 rings (SSSR count). The average molecular weight is 316 g/mol. The smallest absolute Gasteiger partial charge is 0.410 e. The van der Waals surface area contributed by atoms with Gasteiger partial charge in [-0.1, -0.05) is 0 Å². The maximum atomic E-state index is 12.1. The van der Waals surface area contributed by atoms with Crippen molar-refractivity contribution in [1.82, 2.24) is 9.80 Å². The molecule has 0 radical (unpaired) electrons. The van der Waals surface area contributed by atoms with Gasteiger partial charge in [0.15, 0.2) is 5.60 Å². The Morgan fingerprint density at radius 3 is 2.27 bits per heavy atom. The largest absolute Gasteiger partial charge is 0.467 e. The van der Waals surface area contributed by atoms with E-state index in [0.29, 0.717) is 26.2 Å². The summed E-state index contributed by atoms with van der Waals surface area (Å²) in [5, 5.41) is 10.1. The van der Waals surface area contributed by atoms with E-state index in [1.165, 1.54) is 14.0 Å². The summed E-state index contributed by atoms with van der Waals surface area (Å²) in [6.07, 6.45) is 0.435. The number of methoxy groups -OCH3 is 1. The Bertz CT molecular complexity index is 403. The number of aliphatic hydroxyl groups is 1. The molecule has 0 spiro atoms. The first-order valence-electron chi connectivity index (χ1n) is 7.56. The molecule has 1 aliphatic heterocycles. The molecule has 1 atom stereocenters. The summed E-state index contributed by atoms with van der Waals surface area (Å²) < 4.78 is 9.97. The lowest BCUT2D eigenvalue weighted by Gasteiger charge is -2.29. The van der Waals surface area contributed by atoms with Crippen molar-refractivity contribution in [3.8, 4) is 0 Å². The fourth-order valence-electron chi connectivity index (χ4n) is 2.36. The normalized spacial score (nSPS) is 20.0. The molecule has 7 heteroatoms. The van der Waals surface area contributed by atoms with E-state index in [1.807, 2.05) is 25.7 Å². The molecule has 22 heavy (non-hydrogen) atoms. The second-order valence-corrected chi connectivity index (χ2v) is 6.86. The Morgan fingerprint density at radius 2 is 1.73 bits per heavy atom. The number of nitrogens with zero attached hydrogens (tertiary/aromatic N) is 2. The molecule has 0 aromatic rings. The first kappa shape index (κ1) is 18.7. The summed E-state index contributed by atoms with van der Waals surface area (Å²) in [6.45, 7) is 9.52. The van der Waals surface area contributed by atoms with Gasteiger partial charge in [0.2, 0.25) is 0 Å². The van der Waals surface area contributed by atoms with E-state index in [2.05, 4.69) is 4.74 Å². The van der Waals surface area contributed by atoms with Gasteiger partial charge in [-0.2, -0.15) is 0 Å². The quantitative estimate of drug-likeness (QED) is 0.778. The van der Waals surface area contributed by atoms with Crippen molar-refractivity contribution in [2.45, 2.75) is 45.3 Å². The van der Waals surface area contributed by atoms with Gasteiger partial charge in [-0.05, 0) is 34.1 Å². The summed E-state index contributed by atoms with van der Waals surface area (Å²) in [6, 6.07) is 0. The summed E-state index contributed by atoms with van der Waals surface area (Å²) in [4.78, 5) is 27.2. The van der Waals surface area contributed by atoms with Gasteiger partial charge < -0.3 is 19.5 Å². The predicted molar refractivity (Wildman–Crippen MR) is 81.5 cm³/mol. The molecule has 1 fully saturated rings. The first-order valence-corrected chi connectivity index (χ1v) is 7.56. The van der Waals surface area contributed by atoms with Crippen molar-refractivity contribution in [3.05, 3.63) is 0 Å². The molecule has 0 aliphatic carbocycles. The number of carbonyl (C=O) groups excluding carboxylic acids is 2. The number of carbonyl (C=O) groups is 2. The summed E-state index contributed by atoms with van der Waals surface area (Å²) >= 11 is 0. The standard InChI is InChI=1S/C15H28N2O5/c1-14(2,3)22-13(19)17-8-6-7-16(9-10-17)11-15(4,20)12(18)21-5/h20H,6-11H2,1-5H3. The van der Waals surface area contributed by atoms with Crippen LogP contribution in [0.2, 0.25) is 0 Å². The zero-order chi connectivity index (χ0) is 17.0. The lowest BCUT2D eigenvalue weighted by atomic mass is 10.1. The molecule has 1 heterocycles. The van der Waals surface area contributed by atoms with E-state index in [0.717, 1.165) is 6.42 Å². The monoisotopic (exact) mass is 316 g/mol. The van der Waals surface area contributed by atoms with Gasteiger partial charge in [-0.15, -0.1) is 0 Å². The molecule has 0 aromatic carbocycles. The molecule has 128 valence electrons. The Morgan fingerprint density at radius 1 is 1.09 bits per heavy atom. The Kier molecular flexibility index (Phi) is 6.19. The van der Waals surface area contributed by atoms with E-state index in [-0.39, 0.29) is 12.6 Å². The van der Waals surface area contributed by atoms with Crippen LogP contribution in [0.25, 0.3) is 0 Å². The zero-order valence-electron chi connectivity index (χ0n) is 14.2. The van der Waals surface area contributed by atoms with Gasteiger partial charge in [-0.3, -0.25) is 4.90 Å². The van der Waals surface area contributed by atoms with Crippen molar-refractivity contribution in [1.29, 1.82) is 0 Å². The molecule has 1 unspecified atom stereocenters. The first-order chi connectivity index (χ1) is 10.0. The highest BCUT2D eigenvalue weighted by atomic mass is 16.6. The molecule has 1 saturated heterocycles. The fraction of sp³-hybridized carbons (Fsp3) is 0.867. The number of ether oxygens (including phenoxy) is 2. The van der Waals surface area contributed by atoms with Crippen LogP contribution in [0.4, 0.5) is 4.79 Å². The lowest BCUT2D eigenvalue weighted by Crippen LogP contribution is -2.48. The van der Waals surface area contributed by atoms with Crippen LogP contribution in [0.3, 0.4) is 0 Å². The number of β-amino-alcohol motifs (C(OH)–C–C–N with tert-alkyl or cyclic N) is 1. The van der Waals surface area contributed by atoms with Crippen molar-refractivity contribution < 1.29 is 24.2 Å². The minimum absolute atomic E-state index is 0.182. The second kappa shape index (κ2) is 7.28. The molecule has 0 saturated carbocycles. The highest BCUT2D eigenvalue weighted by Crippen LogP contribution is 2.14. The van der Waals surface area contributed by atoms with Gasteiger partial charge in [-0.25, -0.2) is 9.59 Å². The van der Waals surface area contributed by atoms with E-state index in [1.54, 1.807) is 4.90 Å². The molecule has 7 nitrogen and oxygen atoms in total. The van der Waals surface area contributed by atoms with Gasteiger partial charge in [0.1, 0.15) is 5.60 Å². The summed E-state index contributed by atoms with van der Waals surface area (Å²) in [5.41, 5.74) is -2.06. The minimum atomic E-state index is -1.55. The number of rotatable bonds is 3. The summed E-state index contributed by atoms with van der Waals surface area (Å²) in [7, 11) is 1.25. The second-order valence-electron chi connectivity index (χ2n) is 6.86. The van der Waals surface area contributed by atoms with Crippen LogP contribution in [-0.4, -0.2) is 78.0 Å². The Hall–Kier alpha value is -1.34. The van der Waals surface area contributed by atoms with Crippen LogP contribution in [0, 0.1) is 0 Å². The third-order valence-electron chi connectivity index (χ3n) is 3.40. The van der Waals surface area contributed by atoms with Crippen molar-refractivity contribution in [3.63, 3.8) is 0 Å². The fourth-order valence-corrected chi connectivity index (χ4v) is 2.36. The minimum Gasteiger partial charge on any atom is -0.467 e. The average Bonchev–Trinajstić information content (AvgIpc) is 2.60. The molecule has 1 N–H and O–H groups in total. The van der Waals surface area contributed by atoms with Crippen LogP contribution < -0.4 is 0 Å². The third-order valence-corrected chi connectivity index (χ3v) is 3.40. The highest BCUT2D eigenvalue weighted by Gasteiger charge is 2.34. The number of hydrogen-bond donors (Lipinski definition) is 1. The number of amides is 1. The van der Waals surface area contributed by atoms with Crippen LogP contribution in [0.5, 0.6) is 0 Å². The van der Waals surface area contributed by atoms with Crippen LogP contribution in [0.15, 0.2) is 0 Å². The van der Waals surface area contributed by atoms with E-state index >= 15 is 0 Å². The van der Waals surface area contributed by atoms with Crippen LogP contribution in [0.1, 0.15) is 34.1 Å². The van der Waals surface area contributed by atoms with Crippen molar-refractivity contribution >= 4 is 12.1 Å². The summed E-state index contributed by atoms with van der Waals surface area (Å²) in [5.74, 6) is -0.652. The maximum absolute atomic E-state index is 12.1. The van der Waals surface area contributed by atoms with Crippen LogP contribution >= 0.6 is 0 Å². The Balaban J connectivity index is 2.56. The van der Waals surface area contributed by atoms with Gasteiger partial charge in [0.25, 0.3) is 0 Å². The number of esters is 1. The van der Waals surface area contributed by atoms with Gasteiger partial charge >= 0.3 is 12.1 Å². The molecular weight excluding hydrogens is 288 g/mol. The highest BCUT2D eigenvalue weighted by molar-refractivity contribution is 5.78. The maximum Gasteiger partial charge on any atom is 0.410 e. The Labute approximate surface area is 132 Å². The van der Waals surface area contributed by atoms with Crippen molar-refractivity contribution in [2.75, 3.05) is 39.8 Å². The molecular formula is C15H28N2O5. The predicted octanol–water partition coefficient (Wildman–Crippen LogP) is 0.853. The molecule has 0 aromatic heterocycles. The SMILES string of the molecule is COC(=O)C(C)(O)CN1CCCN(C(=O)OC(C)(C)C)CC1.